The number of nitrogens with zero attached hydrogens (tertiary/aromatic N) is 1. The van der Waals surface area contributed by atoms with E-state index in [1.54, 1.807) is 0 Å². The summed E-state index contributed by atoms with van der Waals surface area (Å²) in [6.07, 6.45) is 26.8. The van der Waals surface area contributed by atoms with Gasteiger partial charge in [0.05, 0.1) is 6.54 Å². The lowest BCUT2D eigenvalue weighted by molar-refractivity contribution is -0.966. The van der Waals surface area contributed by atoms with Gasteiger partial charge in [0.2, 0.25) is 0 Å². The highest BCUT2D eigenvalue weighted by Gasteiger charge is 2.28. The van der Waals surface area contributed by atoms with Crippen LogP contribution in [-0.4, -0.2) is 11.0 Å². The molecule has 0 unspecified atom stereocenters. The van der Waals surface area contributed by atoms with Crippen LogP contribution in [0, 0.1) is 0 Å². The summed E-state index contributed by atoms with van der Waals surface area (Å²) in [5.74, 6) is 0. The van der Waals surface area contributed by atoms with Gasteiger partial charge in [0.1, 0.15) is 19.6 Å². The molecule has 0 fully saturated rings. The van der Waals surface area contributed by atoms with Crippen LogP contribution in [0.4, 0.5) is 0 Å². The van der Waals surface area contributed by atoms with Crippen LogP contribution in [0.1, 0.15) is 126 Å². The van der Waals surface area contributed by atoms with Gasteiger partial charge in [-0.25, -0.2) is 0 Å². The predicted molar refractivity (Wildman–Crippen MR) is 184 cm³/mol. The Kier molecular flexibility index (Phi) is 17.7. The van der Waals surface area contributed by atoms with Gasteiger partial charge in [-0.3, -0.25) is 0 Å². The first-order chi connectivity index (χ1) is 20.8. The lowest BCUT2D eigenvalue weighted by Gasteiger charge is -2.39. The van der Waals surface area contributed by atoms with Gasteiger partial charge < -0.3 is 4.48 Å². The van der Waals surface area contributed by atoms with Crippen LogP contribution >= 0.6 is 0 Å². The second-order valence-corrected chi connectivity index (χ2v) is 12.6. The fourth-order valence-electron chi connectivity index (χ4n) is 6.37. The van der Waals surface area contributed by atoms with E-state index in [0.29, 0.717) is 0 Å². The summed E-state index contributed by atoms with van der Waals surface area (Å²) < 4.78 is 1.09. The van der Waals surface area contributed by atoms with Crippen molar-refractivity contribution in [3.8, 4) is 0 Å². The monoisotopic (exact) mass is 566 g/mol. The molecule has 3 rings (SSSR count). The maximum atomic E-state index is 2.42. The summed E-state index contributed by atoms with van der Waals surface area (Å²) in [6.45, 7) is 6.76. The first-order valence-electron chi connectivity index (χ1n) is 17.4. The predicted octanol–water partition coefficient (Wildman–Crippen LogP) is 12.2. The summed E-state index contributed by atoms with van der Waals surface area (Å²) in [5, 5.41) is 0. The number of hydrogen-bond donors (Lipinski definition) is 0. The van der Waals surface area contributed by atoms with Crippen LogP contribution in [-0.2, 0) is 19.6 Å². The van der Waals surface area contributed by atoms with Crippen molar-refractivity contribution < 1.29 is 4.48 Å². The Labute approximate surface area is 259 Å². The average molecular weight is 567 g/mol. The van der Waals surface area contributed by atoms with Crippen molar-refractivity contribution >= 4 is 0 Å². The van der Waals surface area contributed by atoms with Crippen LogP contribution in [0.3, 0.4) is 0 Å². The van der Waals surface area contributed by atoms with Gasteiger partial charge in [-0.2, -0.15) is 0 Å². The second-order valence-electron chi connectivity index (χ2n) is 12.6. The summed E-state index contributed by atoms with van der Waals surface area (Å²) in [7, 11) is 0. The molecule has 0 N–H and O–H groups in total. The van der Waals surface area contributed by atoms with Gasteiger partial charge in [0.25, 0.3) is 0 Å². The molecule has 0 heterocycles. The molecular formula is C41H60N+. The highest BCUT2D eigenvalue weighted by molar-refractivity contribution is 5.17. The first kappa shape index (κ1) is 33.9. The molecule has 0 radical (unpaired) electrons. The van der Waals surface area contributed by atoms with Crippen LogP contribution in [0.15, 0.2) is 103 Å². The smallest absolute Gasteiger partial charge is 0.105 e. The molecule has 0 aliphatic rings. The van der Waals surface area contributed by atoms with Gasteiger partial charge in [0.15, 0.2) is 0 Å². The fourth-order valence-corrected chi connectivity index (χ4v) is 6.37. The van der Waals surface area contributed by atoms with E-state index in [1.807, 2.05) is 0 Å². The van der Waals surface area contributed by atoms with Crippen molar-refractivity contribution in [3.63, 3.8) is 0 Å². The van der Waals surface area contributed by atoms with Crippen LogP contribution in [0.25, 0.3) is 0 Å². The number of benzene rings is 3. The lowest BCUT2D eigenvalue weighted by atomic mass is 10.0. The quantitative estimate of drug-likeness (QED) is 0.0574. The Bertz CT molecular complexity index is 939. The zero-order valence-corrected chi connectivity index (χ0v) is 26.9. The number of allylic oxidation sites excluding steroid dienone is 2. The molecule has 42 heavy (non-hydrogen) atoms. The fraction of sp³-hybridized carbons (Fsp3) is 0.512. The maximum absolute atomic E-state index is 2.42. The third kappa shape index (κ3) is 15.0. The van der Waals surface area contributed by atoms with Crippen molar-refractivity contribution in [2.45, 2.75) is 129 Å². The number of hydrogen-bond acceptors (Lipinski definition) is 0. The largest absolute Gasteiger partial charge is 0.312 e. The molecular weight excluding hydrogens is 506 g/mol. The van der Waals surface area contributed by atoms with Crippen LogP contribution < -0.4 is 0 Å². The van der Waals surface area contributed by atoms with Crippen molar-refractivity contribution in [1.82, 2.24) is 0 Å². The Morgan fingerprint density at radius 3 is 1.12 bits per heavy atom. The molecule has 0 spiro atoms. The topological polar surface area (TPSA) is 0 Å². The van der Waals surface area contributed by atoms with E-state index in [0.717, 1.165) is 24.1 Å². The summed E-state index contributed by atoms with van der Waals surface area (Å²) in [6, 6.07) is 33.5. The number of quaternary nitrogens is 1. The average Bonchev–Trinajstić information content (AvgIpc) is 3.02. The molecule has 228 valence electrons. The first-order valence-corrected chi connectivity index (χ1v) is 17.4. The Balaban J connectivity index is 1.37. The number of rotatable bonds is 24. The minimum atomic E-state index is 1.08. The second kappa shape index (κ2) is 22.0. The van der Waals surface area contributed by atoms with Gasteiger partial charge in [-0.15, -0.1) is 0 Å². The van der Waals surface area contributed by atoms with E-state index in [1.165, 1.54) is 126 Å². The molecule has 0 aromatic heterocycles. The zero-order valence-electron chi connectivity index (χ0n) is 26.9. The third-order valence-corrected chi connectivity index (χ3v) is 8.73. The summed E-state index contributed by atoms with van der Waals surface area (Å²) >= 11 is 0. The molecule has 0 saturated carbocycles. The Morgan fingerprint density at radius 1 is 0.405 bits per heavy atom. The summed E-state index contributed by atoms with van der Waals surface area (Å²) in [4.78, 5) is 0. The minimum Gasteiger partial charge on any atom is -0.312 e. The van der Waals surface area contributed by atoms with E-state index >= 15 is 0 Å². The summed E-state index contributed by atoms with van der Waals surface area (Å²) in [5.41, 5.74) is 4.34. The van der Waals surface area contributed by atoms with Crippen molar-refractivity contribution in [2.75, 3.05) is 6.54 Å². The van der Waals surface area contributed by atoms with Crippen molar-refractivity contribution in [3.05, 3.63) is 120 Å². The van der Waals surface area contributed by atoms with Crippen molar-refractivity contribution in [1.29, 1.82) is 0 Å². The Hall–Kier alpha value is -2.64. The number of unbranched alkanes of at least 4 members (excludes halogenated alkanes) is 14. The van der Waals surface area contributed by atoms with Gasteiger partial charge >= 0.3 is 0 Å². The molecule has 3 aromatic rings. The highest BCUT2D eigenvalue weighted by atomic mass is 15.3. The van der Waals surface area contributed by atoms with E-state index < -0.39 is 0 Å². The zero-order chi connectivity index (χ0) is 29.4. The molecule has 0 amide bonds. The van der Waals surface area contributed by atoms with E-state index in [9.17, 15) is 0 Å². The molecule has 0 aliphatic heterocycles. The van der Waals surface area contributed by atoms with Gasteiger partial charge in [-0.1, -0.05) is 174 Å². The molecule has 1 heteroatoms. The standard InChI is InChI=1S/C41H60N/c1-2-3-4-5-6-7-8-9-10-11-12-13-14-15-16-17-18-28-35-42(36-39-29-22-19-23-30-39,37-40-31-24-20-25-32-40)38-41-33-26-21-27-34-41/h6-7,19-27,29-34H,2-5,8-18,28,35-38H2,1H3/q+1/b7-6+. The maximum Gasteiger partial charge on any atom is 0.105 e. The van der Waals surface area contributed by atoms with E-state index in [-0.39, 0.29) is 0 Å². The third-order valence-electron chi connectivity index (χ3n) is 8.73. The van der Waals surface area contributed by atoms with Crippen molar-refractivity contribution in [2.24, 2.45) is 0 Å². The molecule has 3 aromatic carbocycles. The molecule has 0 atom stereocenters. The Morgan fingerprint density at radius 2 is 0.738 bits per heavy atom. The van der Waals surface area contributed by atoms with E-state index in [4.69, 9.17) is 0 Å². The molecule has 0 bridgehead atoms. The highest BCUT2D eigenvalue weighted by Crippen LogP contribution is 2.26. The van der Waals surface area contributed by atoms with Gasteiger partial charge in [-0.05, 0) is 38.5 Å². The minimum absolute atomic E-state index is 1.08. The molecule has 1 nitrogen and oxygen atoms in total. The van der Waals surface area contributed by atoms with Crippen LogP contribution in [0.5, 0.6) is 0 Å². The van der Waals surface area contributed by atoms with Gasteiger partial charge in [0, 0.05) is 16.7 Å². The normalized spacial score (nSPS) is 11.8. The SMILES string of the molecule is CCCCC/C=C/CCCCCCCCCCCCC[N+](Cc1ccccc1)(Cc1ccccc1)Cc1ccccc1. The van der Waals surface area contributed by atoms with E-state index in [2.05, 4.69) is 110 Å². The molecule has 0 aliphatic carbocycles. The van der Waals surface area contributed by atoms with Crippen LogP contribution in [0.2, 0.25) is 0 Å². The molecule has 0 saturated heterocycles. The lowest BCUT2D eigenvalue weighted by Crippen LogP contribution is -2.46.